The number of ether oxygens (including phenoxy) is 2. The predicted octanol–water partition coefficient (Wildman–Crippen LogP) is 3.06. The maximum absolute atomic E-state index is 12.3. The highest BCUT2D eigenvalue weighted by Gasteiger charge is 2.07. The fourth-order valence-electron chi connectivity index (χ4n) is 2.11. The normalized spacial score (nSPS) is 10.3. The number of pyridine rings is 1. The Kier molecular flexibility index (Phi) is 5.58. The average molecular weight is 355 g/mol. The van der Waals surface area contributed by atoms with Crippen LogP contribution in [0, 0.1) is 0 Å². The van der Waals surface area contributed by atoms with Crippen molar-refractivity contribution in [3.05, 3.63) is 70.3 Å². The molecular formula is C18H17N3O3S. The number of rotatable bonds is 7. The Hall–Kier alpha value is -2.93. The minimum absolute atomic E-state index is 0.171. The zero-order valence-corrected chi connectivity index (χ0v) is 14.5. The minimum atomic E-state index is -0.171. The standard InChI is InChI=1S/C18H17N3O3S/c1-23-17-6-5-13(8-19-17)9-20-18(22)14-3-2-4-16(7-14)24-10-15-11-25-12-21-15/h2-8,11-12H,9-10H2,1H3,(H,20,22). The lowest BCUT2D eigenvalue weighted by Crippen LogP contribution is -2.22. The van der Waals surface area contributed by atoms with E-state index in [9.17, 15) is 4.79 Å². The van der Waals surface area contributed by atoms with Crippen molar-refractivity contribution in [2.75, 3.05) is 7.11 Å². The highest BCUT2D eigenvalue weighted by atomic mass is 32.1. The fourth-order valence-corrected chi connectivity index (χ4v) is 2.66. The van der Waals surface area contributed by atoms with Crippen molar-refractivity contribution < 1.29 is 14.3 Å². The van der Waals surface area contributed by atoms with E-state index in [-0.39, 0.29) is 5.91 Å². The van der Waals surface area contributed by atoms with E-state index in [1.807, 2.05) is 17.5 Å². The van der Waals surface area contributed by atoms with Crippen LogP contribution in [0.2, 0.25) is 0 Å². The van der Waals surface area contributed by atoms with Gasteiger partial charge in [0.1, 0.15) is 12.4 Å². The fraction of sp³-hybridized carbons (Fsp3) is 0.167. The van der Waals surface area contributed by atoms with Gasteiger partial charge in [0.2, 0.25) is 5.88 Å². The Morgan fingerprint density at radius 2 is 2.16 bits per heavy atom. The van der Waals surface area contributed by atoms with E-state index in [0.717, 1.165) is 11.3 Å². The molecule has 2 heterocycles. The van der Waals surface area contributed by atoms with E-state index in [2.05, 4.69) is 15.3 Å². The first-order valence-corrected chi connectivity index (χ1v) is 8.56. The van der Waals surface area contributed by atoms with Crippen molar-refractivity contribution in [1.29, 1.82) is 0 Å². The molecular weight excluding hydrogens is 338 g/mol. The summed E-state index contributed by atoms with van der Waals surface area (Å²) in [6.07, 6.45) is 1.67. The number of carbonyl (C=O) groups excluding carboxylic acids is 1. The van der Waals surface area contributed by atoms with Gasteiger partial charge in [-0.05, 0) is 23.8 Å². The third-order valence-electron chi connectivity index (χ3n) is 3.43. The molecule has 3 aromatic rings. The van der Waals surface area contributed by atoms with E-state index in [4.69, 9.17) is 9.47 Å². The molecule has 0 atom stereocenters. The minimum Gasteiger partial charge on any atom is -0.487 e. The molecule has 1 N–H and O–H groups in total. The van der Waals surface area contributed by atoms with Gasteiger partial charge < -0.3 is 14.8 Å². The third kappa shape index (κ3) is 4.77. The molecule has 0 spiro atoms. The number of aromatic nitrogens is 2. The number of thiazole rings is 1. The molecule has 3 rings (SSSR count). The number of benzene rings is 1. The summed E-state index contributed by atoms with van der Waals surface area (Å²) < 4.78 is 10.7. The Labute approximate surface area is 149 Å². The predicted molar refractivity (Wildman–Crippen MR) is 94.8 cm³/mol. The maximum Gasteiger partial charge on any atom is 0.251 e. The topological polar surface area (TPSA) is 73.3 Å². The molecule has 1 aromatic carbocycles. The van der Waals surface area contributed by atoms with E-state index < -0.39 is 0 Å². The van der Waals surface area contributed by atoms with Gasteiger partial charge in [0, 0.05) is 29.8 Å². The Morgan fingerprint density at radius 1 is 1.24 bits per heavy atom. The number of nitrogens with one attached hydrogen (secondary N) is 1. The second-order valence-corrected chi connectivity index (χ2v) is 5.91. The largest absolute Gasteiger partial charge is 0.487 e. The van der Waals surface area contributed by atoms with Crippen LogP contribution in [0.4, 0.5) is 0 Å². The van der Waals surface area contributed by atoms with E-state index in [1.165, 1.54) is 11.3 Å². The van der Waals surface area contributed by atoms with Gasteiger partial charge in [-0.2, -0.15) is 0 Å². The molecule has 2 aromatic heterocycles. The van der Waals surface area contributed by atoms with Crippen LogP contribution in [0.5, 0.6) is 11.6 Å². The molecule has 0 aliphatic carbocycles. The van der Waals surface area contributed by atoms with Gasteiger partial charge in [-0.1, -0.05) is 12.1 Å². The second kappa shape index (κ2) is 8.25. The number of hydrogen-bond acceptors (Lipinski definition) is 6. The lowest BCUT2D eigenvalue weighted by Gasteiger charge is -2.08. The third-order valence-corrected chi connectivity index (χ3v) is 4.06. The van der Waals surface area contributed by atoms with Crippen LogP contribution in [0.1, 0.15) is 21.6 Å². The number of hydrogen-bond donors (Lipinski definition) is 1. The van der Waals surface area contributed by atoms with E-state index in [0.29, 0.717) is 30.3 Å². The molecule has 0 bridgehead atoms. The van der Waals surface area contributed by atoms with Crippen molar-refractivity contribution in [2.24, 2.45) is 0 Å². The number of amides is 1. The van der Waals surface area contributed by atoms with Crippen molar-refractivity contribution in [3.63, 3.8) is 0 Å². The van der Waals surface area contributed by atoms with E-state index in [1.54, 1.807) is 43.1 Å². The summed E-state index contributed by atoms with van der Waals surface area (Å²) in [6, 6.07) is 10.7. The van der Waals surface area contributed by atoms with E-state index >= 15 is 0 Å². The van der Waals surface area contributed by atoms with Crippen LogP contribution >= 0.6 is 11.3 Å². The summed E-state index contributed by atoms with van der Waals surface area (Å²) in [7, 11) is 1.56. The van der Waals surface area contributed by atoms with Gasteiger partial charge in [-0.3, -0.25) is 4.79 Å². The summed E-state index contributed by atoms with van der Waals surface area (Å²) in [5.41, 5.74) is 4.06. The molecule has 1 amide bonds. The summed E-state index contributed by atoms with van der Waals surface area (Å²) in [6.45, 7) is 0.770. The summed E-state index contributed by atoms with van der Waals surface area (Å²) in [4.78, 5) is 20.6. The monoisotopic (exact) mass is 355 g/mol. The summed E-state index contributed by atoms with van der Waals surface area (Å²) >= 11 is 1.52. The van der Waals surface area contributed by atoms with Crippen LogP contribution < -0.4 is 14.8 Å². The van der Waals surface area contributed by atoms with Gasteiger partial charge >= 0.3 is 0 Å². The lowest BCUT2D eigenvalue weighted by molar-refractivity contribution is 0.0950. The molecule has 128 valence electrons. The quantitative estimate of drug-likeness (QED) is 0.705. The first-order valence-electron chi connectivity index (χ1n) is 7.61. The summed E-state index contributed by atoms with van der Waals surface area (Å²) in [5, 5.41) is 4.79. The molecule has 25 heavy (non-hydrogen) atoms. The molecule has 0 radical (unpaired) electrons. The Balaban J connectivity index is 1.56. The van der Waals surface area contributed by atoms with Crippen molar-refractivity contribution in [1.82, 2.24) is 15.3 Å². The molecule has 0 aliphatic rings. The van der Waals surface area contributed by atoms with Gasteiger partial charge in [0.25, 0.3) is 5.91 Å². The molecule has 6 nitrogen and oxygen atoms in total. The smallest absolute Gasteiger partial charge is 0.251 e. The highest BCUT2D eigenvalue weighted by molar-refractivity contribution is 7.07. The second-order valence-electron chi connectivity index (χ2n) is 5.19. The van der Waals surface area contributed by atoms with Crippen LogP contribution in [0.25, 0.3) is 0 Å². The number of methoxy groups -OCH3 is 1. The summed E-state index contributed by atoms with van der Waals surface area (Å²) in [5.74, 6) is 1.00. The molecule has 0 unspecified atom stereocenters. The van der Waals surface area contributed by atoms with Gasteiger partial charge in [-0.15, -0.1) is 11.3 Å². The van der Waals surface area contributed by atoms with Crippen LogP contribution in [-0.4, -0.2) is 23.0 Å². The molecule has 0 fully saturated rings. The molecule has 0 saturated heterocycles. The van der Waals surface area contributed by atoms with Gasteiger partial charge in [0.15, 0.2) is 0 Å². The zero-order chi connectivity index (χ0) is 17.5. The molecule has 0 saturated carbocycles. The first-order chi connectivity index (χ1) is 12.2. The number of nitrogens with zero attached hydrogens (tertiary/aromatic N) is 2. The van der Waals surface area contributed by atoms with Crippen LogP contribution in [0.3, 0.4) is 0 Å². The Bertz CT molecular complexity index is 820. The van der Waals surface area contributed by atoms with Gasteiger partial charge in [-0.25, -0.2) is 9.97 Å². The molecule has 7 heteroatoms. The van der Waals surface area contributed by atoms with Crippen molar-refractivity contribution in [3.8, 4) is 11.6 Å². The first kappa shape index (κ1) is 16.9. The average Bonchev–Trinajstić information content (AvgIpc) is 3.19. The van der Waals surface area contributed by atoms with Crippen LogP contribution in [-0.2, 0) is 13.2 Å². The van der Waals surface area contributed by atoms with Crippen molar-refractivity contribution >= 4 is 17.2 Å². The maximum atomic E-state index is 12.3. The molecule has 0 aliphatic heterocycles. The van der Waals surface area contributed by atoms with Gasteiger partial charge in [0.05, 0.1) is 18.3 Å². The Morgan fingerprint density at radius 3 is 2.88 bits per heavy atom. The van der Waals surface area contributed by atoms with Crippen LogP contribution in [0.15, 0.2) is 53.5 Å². The SMILES string of the molecule is COc1ccc(CNC(=O)c2cccc(OCc3cscn3)c2)cn1. The lowest BCUT2D eigenvalue weighted by atomic mass is 10.2. The van der Waals surface area contributed by atoms with Crippen molar-refractivity contribution in [2.45, 2.75) is 13.2 Å². The zero-order valence-electron chi connectivity index (χ0n) is 13.6. The number of carbonyl (C=O) groups is 1. The highest BCUT2D eigenvalue weighted by Crippen LogP contribution is 2.15.